The van der Waals surface area contributed by atoms with Gasteiger partial charge in [0, 0.05) is 36.2 Å². The first-order chi connectivity index (χ1) is 19.0. The summed E-state index contributed by atoms with van der Waals surface area (Å²) in [5, 5.41) is 0.754. The van der Waals surface area contributed by atoms with Gasteiger partial charge in [0.15, 0.2) is 0 Å². The molecule has 4 rings (SSSR count). The third-order valence-electron chi connectivity index (χ3n) is 7.12. The summed E-state index contributed by atoms with van der Waals surface area (Å²) in [6.45, 7) is 14.4. The van der Waals surface area contributed by atoms with Gasteiger partial charge < -0.3 is 18.9 Å². The molecule has 39 heavy (non-hydrogen) atoms. The lowest BCUT2D eigenvalue weighted by molar-refractivity contribution is 0.249. The third kappa shape index (κ3) is 8.23. The summed E-state index contributed by atoms with van der Waals surface area (Å²) in [5.74, 6) is 3.35. The number of halogens is 1. The summed E-state index contributed by atoms with van der Waals surface area (Å²) >= 11 is 5.99. The molecule has 208 valence electrons. The average molecular weight is 548 g/mol. The van der Waals surface area contributed by atoms with Crippen molar-refractivity contribution in [2.24, 2.45) is 5.92 Å². The van der Waals surface area contributed by atoms with E-state index in [-0.39, 0.29) is 0 Å². The van der Waals surface area contributed by atoms with Crippen LogP contribution in [0, 0.1) is 5.92 Å². The first kappa shape index (κ1) is 29.0. The normalized spacial score (nSPS) is 11.6. The molecule has 0 spiro atoms. The number of imidazole rings is 1. The van der Waals surface area contributed by atoms with Crippen LogP contribution in [0.2, 0.25) is 5.02 Å². The molecule has 0 saturated carbocycles. The fraction of sp³-hybridized carbons (Fsp3) is 0.424. The Balaban J connectivity index is 1.46. The highest BCUT2D eigenvalue weighted by Gasteiger charge is 2.14. The van der Waals surface area contributed by atoms with Crippen molar-refractivity contribution in [2.75, 3.05) is 32.8 Å². The van der Waals surface area contributed by atoms with E-state index in [0.717, 1.165) is 84.4 Å². The molecule has 6 heteroatoms. The van der Waals surface area contributed by atoms with E-state index in [1.165, 1.54) is 5.56 Å². The van der Waals surface area contributed by atoms with Gasteiger partial charge >= 0.3 is 0 Å². The Labute approximate surface area is 238 Å². The van der Waals surface area contributed by atoms with Gasteiger partial charge in [0.25, 0.3) is 0 Å². The highest BCUT2D eigenvalue weighted by atomic mass is 35.5. The van der Waals surface area contributed by atoms with Crippen LogP contribution in [0.3, 0.4) is 0 Å². The molecule has 3 aromatic carbocycles. The zero-order valence-electron chi connectivity index (χ0n) is 23.8. The van der Waals surface area contributed by atoms with Crippen LogP contribution in [0.15, 0.2) is 66.7 Å². The molecule has 4 aromatic rings. The molecule has 0 aliphatic carbocycles. The van der Waals surface area contributed by atoms with Crippen LogP contribution >= 0.6 is 11.6 Å². The predicted octanol–water partition coefficient (Wildman–Crippen LogP) is 8.14. The van der Waals surface area contributed by atoms with Crippen molar-refractivity contribution in [1.29, 1.82) is 0 Å². The number of aromatic nitrogens is 2. The van der Waals surface area contributed by atoms with Gasteiger partial charge in [0.2, 0.25) is 0 Å². The van der Waals surface area contributed by atoms with Gasteiger partial charge in [-0.2, -0.15) is 0 Å². The van der Waals surface area contributed by atoms with E-state index in [1.807, 2.05) is 42.5 Å². The minimum atomic E-state index is 0.603. The molecule has 0 atom stereocenters. The lowest BCUT2D eigenvalue weighted by Crippen LogP contribution is -2.25. The van der Waals surface area contributed by atoms with Crippen molar-refractivity contribution in [3.8, 4) is 22.9 Å². The average Bonchev–Trinajstić information content (AvgIpc) is 3.31. The summed E-state index contributed by atoms with van der Waals surface area (Å²) in [6.07, 6.45) is 2.94. The number of fused-ring (bicyclic) bond motifs is 1. The molecule has 0 saturated heterocycles. The second kappa shape index (κ2) is 14.4. The predicted molar refractivity (Wildman–Crippen MR) is 163 cm³/mol. The fourth-order valence-corrected chi connectivity index (χ4v) is 4.81. The molecule has 0 radical (unpaired) electrons. The van der Waals surface area contributed by atoms with Crippen molar-refractivity contribution in [3.63, 3.8) is 0 Å². The van der Waals surface area contributed by atoms with Gasteiger partial charge in [-0.15, -0.1) is 0 Å². The van der Waals surface area contributed by atoms with E-state index in [0.29, 0.717) is 19.1 Å². The van der Waals surface area contributed by atoms with Crippen LogP contribution in [0.1, 0.15) is 46.1 Å². The monoisotopic (exact) mass is 547 g/mol. The second-order valence-corrected chi connectivity index (χ2v) is 10.8. The van der Waals surface area contributed by atoms with E-state index in [1.54, 1.807) is 0 Å². The van der Waals surface area contributed by atoms with Crippen molar-refractivity contribution >= 4 is 22.6 Å². The van der Waals surface area contributed by atoms with Gasteiger partial charge in [0.05, 0.1) is 24.2 Å². The number of rotatable bonds is 15. The Bertz CT molecular complexity index is 1300. The van der Waals surface area contributed by atoms with E-state index in [9.17, 15) is 0 Å². The Kier molecular flexibility index (Phi) is 10.7. The first-order valence-corrected chi connectivity index (χ1v) is 14.7. The number of hydrogen-bond donors (Lipinski definition) is 0. The van der Waals surface area contributed by atoms with Crippen molar-refractivity contribution in [3.05, 3.63) is 77.3 Å². The van der Waals surface area contributed by atoms with Crippen molar-refractivity contribution < 1.29 is 9.47 Å². The van der Waals surface area contributed by atoms with E-state index < -0.39 is 0 Å². The van der Waals surface area contributed by atoms with Crippen LogP contribution in [-0.4, -0.2) is 47.3 Å². The number of hydrogen-bond acceptors (Lipinski definition) is 4. The zero-order valence-corrected chi connectivity index (χ0v) is 24.6. The summed E-state index contributed by atoms with van der Waals surface area (Å²) in [5.41, 5.74) is 4.41. The van der Waals surface area contributed by atoms with Gasteiger partial charge in [-0.25, -0.2) is 4.98 Å². The summed E-state index contributed by atoms with van der Waals surface area (Å²) in [7, 11) is 0. The van der Waals surface area contributed by atoms with E-state index >= 15 is 0 Å². The Hall–Kier alpha value is -3.02. The van der Waals surface area contributed by atoms with Crippen molar-refractivity contribution in [2.45, 2.75) is 53.5 Å². The minimum absolute atomic E-state index is 0.603. The summed E-state index contributed by atoms with van der Waals surface area (Å²) in [6, 6.07) is 22.5. The summed E-state index contributed by atoms with van der Waals surface area (Å²) in [4.78, 5) is 7.46. The SMILES string of the molecule is CCN(CC)CCCOc1ccc2nc(-c3ccc(OCCc4ccc(Cl)cc4)cc3)n(CCC(C)C)c2c1. The molecule has 5 nitrogen and oxygen atoms in total. The molecule has 0 amide bonds. The van der Waals surface area contributed by atoms with Crippen molar-refractivity contribution in [1.82, 2.24) is 14.5 Å². The molecular formula is C33H42ClN3O2. The van der Waals surface area contributed by atoms with Gasteiger partial charge in [-0.3, -0.25) is 0 Å². The topological polar surface area (TPSA) is 39.5 Å². The number of nitrogens with zero attached hydrogens (tertiary/aromatic N) is 3. The molecule has 0 N–H and O–H groups in total. The van der Waals surface area contributed by atoms with E-state index in [2.05, 4.69) is 61.4 Å². The molecule has 0 bridgehead atoms. The maximum Gasteiger partial charge on any atom is 0.141 e. The molecule has 1 aromatic heterocycles. The highest BCUT2D eigenvalue weighted by Crippen LogP contribution is 2.30. The highest BCUT2D eigenvalue weighted by molar-refractivity contribution is 6.30. The Morgan fingerprint density at radius 1 is 0.872 bits per heavy atom. The fourth-order valence-electron chi connectivity index (χ4n) is 4.68. The molecule has 0 aliphatic rings. The maximum atomic E-state index is 6.15. The van der Waals surface area contributed by atoms with Crippen LogP contribution in [0.5, 0.6) is 11.5 Å². The van der Waals surface area contributed by atoms with Gasteiger partial charge in [-0.1, -0.05) is 51.4 Å². The van der Waals surface area contributed by atoms with Crippen LogP contribution in [0.4, 0.5) is 0 Å². The minimum Gasteiger partial charge on any atom is -0.493 e. The first-order valence-electron chi connectivity index (χ1n) is 14.3. The van der Waals surface area contributed by atoms with Crippen LogP contribution < -0.4 is 9.47 Å². The number of aryl methyl sites for hydroxylation is 1. The lowest BCUT2D eigenvalue weighted by Gasteiger charge is -2.17. The smallest absolute Gasteiger partial charge is 0.141 e. The quantitative estimate of drug-likeness (QED) is 0.141. The number of ether oxygens (including phenoxy) is 2. The molecule has 0 unspecified atom stereocenters. The Morgan fingerprint density at radius 3 is 2.26 bits per heavy atom. The summed E-state index contributed by atoms with van der Waals surface area (Å²) < 4.78 is 14.5. The van der Waals surface area contributed by atoms with Crippen LogP contribution in [-0.2, 0) is 13.0 Å². The van der Waals surface area contributed by atoms with Gasteiger partial charge in [-0.05, 0) is 85.9 Å². The molecule has 0 aliphatic heterocycles. The maximum absolute atomic E-state index is 6.15. The Morgan fingerprint density at radius 2 is 1.56 bits per heavy atom. The van der Waals surface area contributed by atoms with Gasteiger partial charge in [0.1, 0.15) is 17.3 Å². The largest absolute Gasteiger partial charge is 0.493 e. The zero-order chi connectivity index (χ0) is 27.6. The molecule has 0 fully saturated rings. The standard InChI is InChI=1S/C33H42ClN3O2/c1-5-36(6-2)20-7-22-38-30-16-17-31-32(24-30)37(21-18-25(3)4)33(35-31)27-10-14-29(15-11-27)39-23-19-26-8-12-28(34)13-9-26/h8-17,24-25H,5-7,18-23H2,1-4H3. The second-order valence-electron chi connectivity index (χ2n) is 10.4. The third-order valence-corrected chi connectivity index (χ3v) is 7.37. The van der Waals surface area contributed by atoms with Crippen LogP contribution in [0.25, 0.3) is 22.4 Å². The molecule has 1 heterocycles. The van der Waals surface area contributed by atoms with E-state index in [4.69, 9.17) is 26.1 Å². The number of benzene rings is 3. The lowest BCUT2D eigenvalue weighted by atomic mass is 10.1. The molecular weight excluding hydrogens is 506 g/mol.